The molecule has 1 aliphatic heterocycles. The summed E-state index contributed by atoms with van der Waals surface area (Å²) in [5.41, 5.74) is 2.08. The minimum absolute atomic E-state index is 0.0154. The van der Waals surface area contributed by atoms with Gasteiger partial charge >= 0.3 is 0 Å². The Balaban J connectivity index is 1.78. The quantitative estimate of drug-likeness (QED) is 0.714. The second-order valence-corrected chi connectivity index (χ2v) is 9.78. The van der Waals surface area contributed by atoms with E-state index >= 15 is 0 Å². The van der Waals surface area contributed by atoms with Crippen molar-refractivity contribution in [1.29, 1.82) is 0 Å². The highest BCUT2D eigenvalue weighted by atomic mass is 35.5. The minimum atomic E-state index is -0.269. The maximum absolute atomic E-state index is 13.4. The summed E-state index contributed by atoms with van der Waals surface area (Å²) in [4.78, 5) is 19.6. The highest BCUT2D eigenvalue weighted by molar-refractivity contribution is 6.30. The van der Waals surface area contributed by atoms with Crippen LogP contribution in [0.1, 0.15) is 46.6 Å². The number of piperidine rings is 1. The van der Waals surface area contributed by atoms with Crippen LogP contribution in [-0.2, 0) is 10.2 Å². The van der Waals surface area contributed by atoms with E-state index in [-0.39, 0.29) is 28.7 Å². The molecule has 0 spiro atoms. The first-order chi connectivity index (χ1) is 13.6. The lowest BCUT2D eigenvalue weighted by molar-refractivity contribution is -0.138. The molecule has 1 aromatic carbocycles. The zero-order chi connectivity index (χ0) is 21.2. The van der Waals surface area contributed by atoms with Crippen molar-refractivity contribution < 1.29 is 4.79 Å². The van der Waals surface area contributed by atoms with E-state index in [0.29, 0.717) is 0 Å². The Morgan fingerprint density at radius 2 is 1.86 bits per heavy atom. The second-order valence-electron chi connectivity index (χ2n) is 9.34. The standard InChI is InChI=1S/C24H32ClN3O/c1-17(2)21(27-20-7-6-13-26-15-20)22(29)28-14-12-24(5,23(3,4)16-28)18-8-10-19(25)11-9-18/h6-11,13,15,17,21,27H,12,14,16H2,1-5H3. The Bertz CT molecular complexity index is 835. The molecule has 4 nitrogen and oxygen atoms in total. The molecule has 5 heteroatoms. The fourth-order valence-electron chi connectivity index (χ4n) is 4.31. The van der Waals surface area contributed by atoms with Gasteiger partial charge in [0, 0.05) is 35.9 Å². The number of aromatic nitrogens is 1. The summed E-state index contributed by atoms with van der Waals surface area (Å²) in [5.74, 6) is 0.338. The fourth-order valence-corrected chi connectivity index (χ4v) is 4.43. The largest absolute Gasteiger partial charge is 0.372 e. The van der Waals surface area contributed by atoms with E-state index in [1.807, 2.05) is 29.2 Å². The lowest BCUT2D eigenvalue weighted by atomic mass is 9.59. The first kappa shape index (κ1) is 21.6. The maximum atomic E-state index is 13.4. The number of nitrogens with zero attached hydrogens (tertiary/aromatic N) is 2. The summed E-state index contributed by atoms with van der Waals surface area (Å²) in [5, 5.41) is 4.15. The van der Waals surface area contributed by atoms with Gasteiger partial charge in [-0.15, -0.1) is 0 Å². The van der Waals surface area contributed by atoms with Crippen LogP contribution in [0.3, 0.4) is 0 Å². The van der Waals surface area contributed by atoms with Gasteiger partial charge in [0.15, 0.2) is 0 Å². The molecule has 1 amide bonds. The van der Waals surface area contributed by atoms with Crippen molar-refractivity contribution in [2.75, 3.05) is 18.4 Å². The lowest BCUT2D eigenvalue weighted by Crippen LogP contribution is -2.58. The van der Waals surface area contributed by atoms with Gasteiger partial charge < -0.3 is 10.2 Å². The highest BCUT2D eigenvalue weighted by Gasteiger charge is 2.48. The molecule has 2 aromatic rings. The number of pyridine rings is 1. The zero-order valence-electron chi connectivity index (χ0n) is 18.1. The van der Waals surface area contributed by atoms with E-state index in [2.05, 4.69) is 57.1 Å². The van der Waals surface area contributed by atoms with Crippen molar-refractivity contribution in [3.8, 4) is 0 Å². The van der Waals surface area contributed by atoms with Crippen molar-refractivity contribution in [2.45, 2.75) is 52.5 Å². The molecule has 2 heterocycles. The molecular weight excluding hydrogens is 382 g/mol. The third kappa shape index (κ3) is 4.42. The van der Waals surface area contributed by atoms with Crippen LogP contribution >= 0.6 is 11.6 Å². The average Bonchev–Trinajstić information content (AvgIpc) is 2.68. The van der Waals surface area contributed by atoms with Gasteiger partial charge in [-0.2, -0.15) is 0 Å². The zero-order valence-corrected chi connectivity index (χ0v) is 18.8. The Morgan fingerprint density at radius 3 is 2.41 bits per heavy atom. The van der Waals surface area contributed by atoms with Crippen molar-refractivity contribution >= 4 is 23.2 Å². The molecule has 3 rings (SSSR count). The van der Waals surface area contributed by atoms with E-state index in [0.717, 1.165) is 30.2 Å². The number of amides is 1. The molecule has 1 aliphatic rings. The van der Waals surface area contributed by atoms with E-state index < -0.39 is 0 Å². The Hall–Kier alpha value is -2.07. The van der Waals surface area contributed by atoms with Crippen LogP contribution in [0.5, 0.6) is 0 Å². The third-order valence-electron chi connectivity index (χ3n) is 6.67. The number of likely N-dealkylation sites (tertiary alicyclic amines) is 1. The molecule has 0 saturated carbocycles. The molecule has 1 saturated heterocycles. The molecular formula is C24H32ClN3O. The third-order valence-corrected chi connectivity index (χ3v) is 6.92. The number of hydrogen-bond acceptors (Lipinski definition) is 3. The number of carbonyl (C=O) groups is 1. The van der Waals surface area contributed by atoms with E-state index in [4.69, 9.17) is 11.6 Å². The molecule has 156 valence electrons. The number of anilines is 1. The second kappa shape index (κ2) is 8.35. The van der Waals surface area contributed by atoms with Crippen LogP contribution in [0.15, 0.2) is 48.8 Å². The summed E-state index contributed by atoms with van der Waals surface area (Å²) in [6.45, 7) is 12.5. The fraction of sp³-hybridized carbons (Fsp3) is 0.500. The number of hydrogen-bond donors (Lipinski definition) is 1. The van der Waals surface area contributed by atoms with E-state index in [1.165, 1.54) is 5.56 Å². The molecule has 0 radical (unpaired) electrons. The van der Waals surface area contributed by atoms with Crippen LogP contribution in [-0.4, -0.2) is 34.9 Å². The van der Waals surface area contributed by atoms with Gasteiger partial charge in [0.2, 0.25) is 5.91 Å². The summed E-state index contributed by atoms with van der Waals surface area (Å²) >= 11 is 6.10. The maximum Gasteiger partial charge on any atom is 0.245 e. The van der Waals surface area contributed by atoms with Crippen LogP contribution in [0.25, 0.3) is 0 Å². The molecule has 0 bridgehead atoms. The number of halogens is 1. The van der Waals surface area contributed by atoms with Gasteiger partial charge in [0.1, 0.15) is 6.04 Å². The Kier molecular flexibility index (Phi) is 6.23. The van der Waals surface area contributed by atoms with Crippen LogP contribution < -0.4 is 5.32 Å². The topological polar surface area (TPSA) is 45.2 Å². The highest BCUT2D eigenvalue weighted by Crippen LogP contribution is 2.48. The van der Waals surface area contributed by atoms with Gasteiger partial charge in [0.05, 0.1) is 5.69 Å². The van der Waals surface area contributed by atoms with E-state index in [1.54, 1.807) is 12.4 Å². The predicted molar refractivity (Wildman–Crippen MR) is 120 cm³/mol. The SMILES string of the molecule is CC(C)C(Nc1cccnc1)C(=O)N1CCC(C)(c2ccc(Cl)cc2)C(C)(C)C1. The van der Waals surface area contributed by atoms with Crippen molar-refractivity contribution in [3.05, 3.63) is 59.4 Å². The summed E-state index contributed by atoms with van der Waals surface area (Å²) < 4.78 is 0. The molecule has 2 atom stereocenters. The molecule has 2 unspecified atom stereocenters. The molecule has 29 heavy (non-hydrogen) atoms. The number of benzene rings is 1. The minimum Gasteiger partial charge on any atom is -0.372 e. The Labute approximate surface area is 179 Å². The van der Waals surface area contributed by atoms with Crippen LogP contribution in [0.2, 0.25) is 5.02 Å². The first-order valence-corrected chi connectivity index (χ1v) is 10.7. The van der Waals surface area contributed by atoms with Gasteiger partial charge in [-0.05, 0) is 47.6 Å². The Morgan fingerprint density at radius 1 is 1.17 bits per heavy atom. The summed E-state index contributed by atoms with van der Waals surface area (Å²) in [6, 6.07) is 11.7. The number of carbonyl (C=O) groups excluding carboxylic acids is 1. The van der Waals surface area contributed by atoms with Gasteiger partial charge in [-0.3, -0.25) is 9.78 Å². The number of rotatable bonds is 5. The van der Waals surface area contributed by atoms with Gasteiger partial charge in [-0.25, -0.2) is 0 Å². The number of nitrogens with one attached hydrogen (secondary N) is 1. The van der Waals surface area contributed by atoms with Crippen LogP contribution in [0, 0.1) is 11.3 Å². The first-order valence-electron chi connectivity index (χ1n) is 10.4. The predicted octanol–water partition coefficient (Wildman–Crippen LogP) is 5.39. The van der Waals surface area contributed by atoms with Crippen molar-refractivity contribution in [3.63, 3.8) is 0 Å². The lowest BCUT2D eigenvalue weighted by Gasteiger charge is -2.52. The molecule has 1 fully saturated rings. The average molecular weight is 414 g/mol. The summed E-state index contributed by atoms with van der Waals surface area (Å²) in [7, 11) is 0. The van der Waals surface area contributed by atoms with E-state index in [9.17, 15) is 4.79 Å². The summed E-state index contributed by atoms with van der Waals surface area (Å²) in [6.07, 6.45) is 4.42. The normalized spacial score (nSPS) is 22.4. The van der Waals surface area contributed by atoms with Crippen molar-refractivity contribution in [2.24, 2.45) is 11.3 Å². The van der Waals surface area contributed by atoms with Crippen LogP contribution in [0.4, 0.5) is 5.69 Å². The van der Waals surface area contributed by atoms with Gasteiger partial charge in [-0.1, -0.05) is 58.4 Å². The van der Waals surface area contributed by atoms with Gasteiger partial charge in [0.25, 0.3) is 0 Å². The monoisotopic (exact) mass is 413 g/mol. The smallest absolute Gasteiger partial charge is 0.245 e. The molecule has 1 aromatic heterocycles. The van der Waals surface area contributed by atoms with Crippen molar-refractivity contribution in [1.82, 2.24) is 9.88 Å². The molecule has 1 N–H and O–H groups in total. The molecule has 0 aliphatic carbocycles.